The van der Waals surface area contributed by atoms with E-state index in [1.165, 1.54) is 27.4 Å². The summed E-state index contributed by atoms with van der Waals surface area (Å²) in [5.74, 6) is 0.955. The number of fused-ring (bicyclic) bond motifs is 1. The zero-order chi connectivity index (χ0) is 20.4. The van der Waals surface area contributed by atoms with Crippen molar-refractivity contribution in [2.45, 2.75) is 6.92 Å². The smallest absolute Gasteiger partial charge is 0.263 e. The summed E-state index contributed by atoms with van der Waals surface area (Å²) in [4.78, 5) is 32.4. The van der Waals surface area contributed by atoms with Gasteiger partial charge in [0.2, 0.25) is 11.5 Å². The number of aryl methyl sites for hydroxylation is 1. The molecule has 146 valence electrons. The molecule has 0 aliphatic heterocycles. The third-order valence-electron chi connectivity index (χ3n) is 4.37. The Morgan fingerprint density at radius 3 is 2.18 bits per heavy atom. The number of aromatic nitrogens is 2. The van der Waals surface area contributed by atoms with Crippen LogP contribution in [0.5, 0.6) is 23.0 Å². The highest BCUT2D eigenvalue weighted by Gasteiger charge is 2.22. The molecule has 0 amide bonds. The van der Waals surface area contributed by atoms with Gasteiger partial charge < -0.3 is 23.9 Å². The molecular formula is C20H20N2O6. The summed E-state index contributed by atoms with van der Waals surface area (Å²) in [6, 6.07) is 6.52. The lowest BCUT2D eigenvalue weighted by atomic mass is 10.1. The van der Waals surface area contributed by atoms with Crippen LogP contribution < -0.4 is 24.5 Å². The molecule has 2 aromatic carbocycles. The quantitative estimate of drug-likeness (QED) is 0.652. The second kappa shape index (κ2) is 7.59. The van der Waals surface area contributed by atoms with Gasteiger partial charge in [0.25, 0.3) is 5.56 Å². The largest absolute Gasteiger partial charge is 0.496 e. The molecule has 1 heterocycles. The number of aromatic amines is 1. The molecule has 0 saturated heterocycles. The fourth-order valence-corrected chi connectivity index (χ4v) is 3.03. The van der Waals surface area contributed by atoms with Crippen molar-refractivity contribution in [3.63, 3.8) is 0 Å². The van der Waals surface area contributed by atoms with Gasteiger partial charge in [-0.1, -0.05) is 0 Å². The maximum absolute atomic E-state index is 12.9. The Balaban J connectivity index is 2.20. The van der Waals surface area contributed by atoms with Crippen molar-refractivity contribution in [3.05, 3.63) is 51.6 Å². The topological polar surface area (TPSA) is 99.7 Å². The van der Waals surface area contributed by atoms with Crippen LogP contribution in [0.2, 0.25) is 0 Å². The van der Waals surface area contributed by atoms with E-state index in [4.69, 9.17) is 18.9 Å². The lowest BCUT2D eigenvalue weighted by Gasteiger charge is -2.14. The molecule has 1 aromatic heterocycles. The average molecular weight is 384 g/mol. The fraction of sp³-hybridized carbons (Fsp3) is 0.250. The van der Waals surface area contributed by atoms with Crippen molar-refractivity contribution < 1.29 is 23.7 Å². The maximum atomic E-state index is 12.9. The summed E-state index contributed by atoms with van der Waals surface area (Å²) in [6.45, 7) is 1.83. The van der Waals surface area contributed by atoms with Crippen LogP contribution in [0, 0.1) is 6.92 Å². The van der Waals surface area contributed by atoms with Crippen molar-refractivity contribution >= 4 is 16.7 Å². The third kappa shape index (κ3) is 3.13. The summed E-state index contributed by atoms with van der Waals surface area (Å²) in [7, 11) is 5.87. The standard InChI is InChI=1S/C20H20N2O6/c1-10-8-11(6-7-13(10)25-2)16(23)19-21-12-9-14(26-3)17(27-4)18(28-5)15(12)20(24)22-19/h6-9H,1-5H3,(H,21,22,24). The summed E-state index contributed by atoms with van der Waals surface area (Å²) < 4.78 is 21.1. The number of hydrogen-bond donors (Lipinski definition) is 1. The monoisotopic (exact) mass is 384 g/mol. The maximum Gasteiger partial charge on any atom is 0.263 e. The van der Waals surface area contributed by atoms with Gasteiger partial charge >= 0.3 is 0 Å². The van der Waals surface area contributed by atoms with Crippen LogP contribution in [0.3, 0.4) is 0 Å². The minimum Gasteiger partial charge on any atom is -0.496 e. The molecule has 3 rings (SSSR count). The van der Waals surface area contributed by atoms with Gasteiger partial charge in [-0.2, -0.15) is 0 Å². The van der Waals surface area contributed by atoms with E-state index < -0.39 is 11.3 Å². The number of ketones is 1. The molecule has 0 unspecified atom stereocenters. The van der Waals surface area contributed by atoms with Crippen molar-refractivity contribution in [1.82, 2.24) is 9.97 Å². The molecule has 8 heteroatoms. The average Bonchev–Trinajstić information content (AvgIpc) is 2.71. The number of ether oxygens (including phenoxy) is 4. The van der Waals surface area contributed by atoms with Crippen LogP contribution in [0.15, 0.2) is 29.1 Å². The lowest BCUT2D eigenvalue weighted by molar-refractivity contribution is 0.102. The Morgan fingerprint density at radius 1 is 0.929 bits per heavy atom. The van der Waals surface area contributed by atoms with E-state index in [9.17, 15) is 9.59 Å². The van der Waals surface area contributed by atoms with Gasteiger partial charge in [-0.05, 0) is 30.7 Å². The van der Waals surface area contributed by atoms with Gasteiger partial charge in [-0.15, -0.1) is 0 Å². The molecule has 0 saturated carbocycles. The normalized spacial score (nSPS) is 10.6. The Morgan fingerprint density at radius 2 is 1.61 bits per heavy atom. The number of methoxy groups -OCH3 is 4. The Labute approximate surface area is 161 Å². The van der Waals surface area contributed by atoms with E-state index in [1.54, 1.807) is 25.3 Å². The van der Waals surface area contributed by atoms with Crippen molar-refractivity contribution in [1.29, 1.82) is 0 Å². The van der Waals surface area contributed by atoms with Crippen LogP contribution in [-0.2, 0) is 0 Å². The second-order valence-electron chi connectivity index (χ2n) is 5.97. The highest BCUT2D eigenvalue weighted by molar-refractivity contribution is 6.07. The third-order valence-corrected chi connectivity index (χ3v) is 4.37. The number of benzene rings is 2. The first-order chi connectivity index (χ1) is 13.4. The highest BCUT2D eigenvalue weighted by Crippen LogP contribution is 2.41. The minimum absolute atomic E-state index is 0.0867. The molecule has 28 heavy (non-hydrogen) atoms. The molecule has 0 radical (unpaired) electrons. The van der Waals surface area contributed by atoms with E-state index >= 15 is 0 Å². The number of carbonyl (C=O) groups excluding carboxylic acids is 1. The molecule has 0 bridgehead atoms. The van der Waals surface area contributed by atoms with E-state index in [1.807, 2.05) is 6.92 Å². The van der Waals surface area contributed by atoms with Gasteiger partial charge in [0.15, 0.2) is 17.3 Å². The summed E-state index contributed by atoms with van der Waals surface area (Å²) in [5, 5.41) is 0.169. The predicted octanol–water partition coefficient (Wildman–Crippen LogP) is 2.50. The van der Waals surface area contributed by atoms with Gasteiger partial charge in [0.1, 0.15) is 11.1 Å². The van der Waals surface area contributed by atoms with E-state index in [-0.39, 0.29) is 28.2 Å². The van der Waals surface area contributed by atoms with Crippen LogP contribution in [-0.4, -0.2) is 44.2 Å². The lowest BCUT2D eigenvalue weighted by Crippen LogP contribution is -2.17. The Hall–Kier alpha value is -3.55. The Kier molecular flexibility index (Phi) is 5.21. The van der Waals surface area contributed by atoms with E-state index in [0.717, 1.165) is 5.56 Å². The second-order valence-corrected chi connectivity index (χ2v) is 5.97. The summed E-state index contributed by atoms with van der Waals surface area (Å²) in [5.41, 5.74) is 0.918. The van der Waals surface area contributed by atoms with Crippen LogP contribution in [0.1, 0.15) is 21.7 Å². The Bertz CT molecular complexity index is 1120. The number of rotatable bonds is 6. The minimum atomic E-state index is -0.517. The molecule has 0 aliphatic carbocycles. The van der Waals surface area contributed by atoms with Gasteiger partial charge in [-0.3, -0.25) is 9.59 Å². The zero-order valence-electron chi connectivity index (χ0n) is 16.2. The first kappa shape index (κ1) is 19.2. The molecule has 1 N–H and O–H groups in total. The van der Waals surface area contributed by atoms with E-state index in [0.29, 0.717) is 17.1 Å². The molecule has 0 aliphatic rings. The molecule has 3 aromatic rings. The summed E-state index contributed by atoms with van der Waals surface area (Å²) in [6.07, 6.45) is 0. The van der Waals surface area contributed by atoms with Crippen LogP contribution in [0.25, 0.3) is 10.9 Å². The first-order valence-electron chi connectivity index (χ1n) is 8.37. The summed E-state index contributed by atoms with van der Waals surface area (Å²) >= 11 is 0. The van der Waals surface area contributed by atoms with Crippen molar-refractivity contribution in [3.8, 4) is 23.0 Å². The van der Waals surface area contributed by atoms with Gasteiger partial charge in [-0.25, -0.2) is 4.98 Å². The SMILES string of the molecule is COc1ccc(C(=O)c2nc3cc(OC)c(OC)c(OC)c3c(=O)[nH]2)cc1C. The van der Waals surface area contributed by atoms with Gasteiger partial charge in [0, 0.05) is 11.6 Å². The molecule has 8 nitrogen and oxygen atoms in total. The van der Waals surface area contributed by atoms with Crippen molar-refractivity contribution in [2.24, 2.45) is 0 Å². The molecule has 0 fully saturated rings. The van der Waals surface area contributed by atoms with Crippen LogP contribution >= 0.6 is 0 Å². The molecule has 0 spiro atoms. The van der Waals surface area contributed by atoms with Crippen molar-refractivity contribution in [2.75, 3.05) is 28.4 Å². The number of nitrogens with zero attached hydrogens (tertiary/aromatic N) is 1. The van der Waals surface area contributed by atoms with Gasteiger partial charge in [0.05, 0.1) is 34.0 Å². The fourth-order valence-electron chi connectivity index (χ4n) is 3.03. The molecular weight excluding hydrogens is 364 g/mol. The number of carbonyl (C=O) groups is 1. The number of hydrogen-bond acceptors (Lipinski definition) is 7. The zero-order valence-corrected chi connectivity index (χ0v) is 16.2. The van der Waals surface area contributed by atoms with E-state index in [2.05, 4.69) is 9.97 Å². The van der Waals surface area contributed by atoms with Crippen LogP contribution in [0.4, 0.5) is 0 Å². The molecule has 0 atom stereocenters. The first-order valence-corrected chi connectivity index (χ1v) is 8.37. The highest BCUT2D eigenvalue weighted by atomic mass is 16.5. The predicted molar refractivity (Wildman–Crippen MR) is 103 cm³/mol. The number of H-pyrrole nitrogens is 1. The number of nitrogens with one attached hydrogen (secondary N) is 1.